The lowest BCUT2D eigenvalue weighted by Crippen LogP contribution is -2.44. The van der Waals surface area contributed by atoms with Gasteiger partial charge in [0.2, 0.25) is 0 Å². The second kappa shape index (κ2) is 7.18. The predicted octanol–water partition coefficient (Wildman–Crippen LogP) is 4.00. The molecule has 150 valence electrons. The largest absolute Gasteiger partial charge is 0.324 e. The Bertz CT molecular complexity index is 1270. The maximum Gasteiger partial charge on any atom is 0.321 e. The van der Waals surface area contributed by atoms with E-state index in [0.29, 0.717) is 22.3 Å². The normalized spacial score (nSPS) is 13.3. The summed E-state index contributed by atoms with van der Waals surface area (Å²) >= 11 is 0. The Kier molecular flexibility index (Phi) is 4.35. The summed E-state index contributed by atoms with van der Waals surface area (Å²) in [5.41, 5.74) is 1.69. The minimum atomic E-state index is -0.499. The molecule has 0 unspecified atom stereocenters. The topological polar surface area (TPSA) is 75.9 Å². The van der Waals surface area contributed by atoms with Gasteiger partial charge in [-0.3, -0.25) is 4.98 Å². The van der Waals surface area contributed by atoms with E-state index in [1.54, 1.807) is 17.2 Å². The predicted molar refractivity (Wildman–Crippen MR) is 107 cm³/mol. The Balaban J connectivity index is 1.49. The van der Waals surface area contributed by atoms with Crippen LogP contribution in [0.3, 0.4) is 0 Å². The van der Waals surface area contributed by atoms with Crippen molar-refractivity contribution in [1.82, 2.24) is 24.6 Å². The van der Waals surface area contributed by atoms with Gasteiger partial charge in [0.25, 0.3) is 0 Å². The van der Waals surface area contributed by atoms with Crippen molar-refractivity contribution in [2.75, 3.05) is 18.4 Å². The molecule has 3 aromatic heterocycles. The van der Waals surface area contributed by atoms with Gasteiger partial charge in [-0.25, -0.2) is 23.2 Å². The standard InChI is InChI=1S/C21H16F2N6O/c22-16-5-4-15(26-21(30)28-7-2-8-28)10-18(16)29-12-14-9-13(11-25-20(14)27-29)19-17(23)3-1-6-24-19/h1,3-6,9-12H,2,7-8H2,(H,26,30). The van der Waals surface area contributed by atoms with Crippen LogP contribution < -0.4 is 5.32 Å². The molecule has 0 atom stereocenters. The molecule has 1 fully saturated rings. The molecule has 5 rings (SSSR count). The summed E-state index contributed by atoms with van der Waals surface area (Å²) in [5.74, 6) is -0.955. The van der Waals surface area contributed by atoms with Crippen molar-refractivity contribution in [2.45, 2.75) is 6.42 Å². The number of rotatable bonds is 3. The number of halogens is 2. The number of nitrogens with one attached hydrogen (secondary N) is 1. The third-order valence-corrected chi connectivity index (χ3v) is 4.98. The molecule has 0 bridgehead atoms. The van der Waals surface area contributed by atoms with Gasteiger partial charge in [0.15, 0.2) is 5.65 Å². The smallest absolute Gasteiger partial charge is 0.321 e. The Morgan fingerprint density at radius 1 is 1.07 bits per heavy atom. The number of carbonyl (C=O) groups excluding carboxylic acids is 1. The summed E-state index contributed by atoms with van der Waals surface area (Å²) < 4.78 is 29.9. The first-order valence-electron chi connectivity index (χ1n) is 9.41. The molecule has 0 saturated carbocycles. The summed E-state index contributed by atoms with van der Waals surface area (Å²) in [6, 6.07) is 8.61. The van der Waals surface area contributed by atoms with Gasteiger partial charge in [-0.2, -0.15) is 0 Å². The van der Waals surface area contributed by atoms with E-state index in [4.69, 9.17) is 0 Å². The van der Waals surface area contributed by atoms with E-state index in [9.17, 15) is 13.6 Å². The highest BCUT2D eigenvalue weighted by molar-refractivity contribution is 5.90. The number of amides is 2. The fourth-order valence-electron chi connectivity index (χ4n) is 3.25. The lowest BCUT2D eigenvalue weighted by molar-refractivity contribution is 0.181. The third-order valence-electron chi connectivity index (χ3n) is 4.98. The molecule has 4 heterocycles. The average molecular weight is 406 g/mol. The van der Waals surface area contributed by atoms with Crippen LogP contribution in [-0.4, -0.2) is 43.8 Å². The number of urea groups is 1. The number of carbonyl (C=O) groups is 1. The van der Waals surface area contributed by atoms with Gasteiger partial charge in [0.05, 0.1) is 0 Å². The molecule has 9 heteroatoms. The van der Waals surface area contributed by atoms with E-state index in [1.165, 1.54) is 47.4 Å². The van der Waals surface area contributed by atoms with Crippen molar-refractivity contribution in [3.63, 3.8) is 0 Å². The van der Waals surface area contributed by atoms with Crippen LogP contribution in [-0.2, 0) is 0 Å². The highest BCUT2D eigenvalue weighted by Crippen LogP contribution is 2.25. The number of benzene rings is 1. The Morgan fingerprint density at radius 2 is 1.93 bits per heavy atom. The molecule has 30 heavy (non-hydrogen) atoms. The zero-order chi connectivity index (χ0) is 20.7. The summed E-state index contributed by atoms with van der Waals surface area (Å²) in [7, 11) is 0. The van der Waals surface area contributed by atoms with E-state index in [1.807, 2.05) is 0 Å². The van der Waals surface area contributed by atoms with Gasteiger partial charge in [0, 0.05) is 48.3 Å². The van der Waals surface area contributed by atoms with E-state index in [0.717, 1.165) is 19.5 Å². The maximum atomic E-state index is 14.5. The maximum absolute atomic E-state index is 14.5. The first-order valence-corrected chi connectivity index (χ1v) is 9.41. The number of hydrogen-bond donors (Lipinski definition) is 1. The number of likely N-dealkylation sites (tertiary alicyclic amines) is 1. The second-order valence-electron chi connectivity index (χ2n) is 6.98. The van der Waals surface area contributed by atoms with Crippen LogP contribution in [0.4, 0.5) is 19.3 Å². The first-order chi connectivity index (χ1) is 14.6. The van der Waals surface area contributed by atoms with Crippen molar-refractivity contribution in [1.29, 1.82) is 0 Å². The van der Waals surface area contributed by atoms with Gasteiger partial charge in [0.1, 0.15) is 23.0 Å². The molecule has 7 nitrogen and oxygen atoms in total. The van der Waals surface area contributed by atoms with Gasteiger partial charge in [-0.15, -0.1) is 5.10 Å². The van der Waals surface area contributed by atoms with Crippen LogP contribution in [0.15, 0.2) is 55.0 Å². The number of pyridine rings is 2. The lowest BCUT2D eigenvalue weighted by atomic mass is 10.1. The zero-order valence-electron chi connectivity index (χ0n) is 15.7. The molecule has 0 spiro atoms. The van der Waals surface area contributed by atoms with Crippen LogP contribution in [0.2, 0.25) is 0 Å². The molecule has 0 aliphatic carbocycles. The summed E-state index contributed by atoms with van der Waals surface area (Å²) in [6.07, 6.45) is 5.57. The summed E-state index contributed by atoms with van der Waals surface area (Å²) in [4.78, 5) is 22.1. The van der Waals surface area contributed by atoms with Crippen molar-refractivity contribution in [3.8, 4) is 16.9 Å². The minimum absolute atomic E-state index is 0.167. The Morgan fingerprint density at radius 3 is 2.70 bits per heavy atom. The van der Waals surface area contributed by atoms with Crippen LogP contribution in [0.1, 0.15) is 6.42 Å². The monoisotopic (exact) mass is 406 g/mol. The molecule has 1 aliphatic rings. The number of anilines is 1. The lowest BCUT2D eigenvalue weighted by Gasteiger charge is -2.30. The highest BCUT2D eigenvalue weighted by Gasteiger charge is 2.20. The van der Waals surface area contributed by atoms with Crippen molar-refractivity contribution >= 4 is 22.8 Å². The number of nitrogens with zero attached hydrogens (tertiary/aromatic N) is 5. The fraction of sp³-hybridized carbons (Fsp3) is 0.143. The highest BCUT2D eigenvalue weighted by atomic mass is 19.1. The van der Waals surface area contributed by atoms with Gasteiger partial charge in [-0.1, -0.05) is 0 Å². The van der Waals surface area contributed by atoms with Crippen LogP contribution in [0.25, 0.3) is 28.0 Å². The third kappa shape index (κ3) is 3.24. The van der Waals surface area contributed by atoms with Crippen molar-refractivity contribution in [2.24, 2.45) is 0 Å². The number of hydrogen-bond acceptors (Lipinski definition) is 4. The quantitative estimate of drug-likeness (QED) is 0.558. The Labute approximate surface area is 170 Å². The van der Waals surface area contributed by atoms with Crippen LogP contribution in [0, 0.1) is 11.6 Å². The van der Waals surface area contributed by atoms with Gasteiger partial charge >= 0.3 is 6.03 Å². The van der Waals surface area contributed by atoms with Crippen molar-refractivity contribution in [3.05, 3.63) is 66.6 Å². The molecular formula is C21H16F2N6O. The molecule has 4 aromatic rings. The van der Waals surface area contributed by atoms with Crippen molar-refractivity contribution < 1.29 is 13.6 Å². The number of fused-ring (bicyclic) bond motifs is 1. The summed E-state index contributed by atoms with van der Waals surface area (Å²) in [6.45, 7) is 1.44. The van der Waals surface area contributed by atoms with Crippen LogP contribution >= 0.6 is 0 Å². The second-order valence-corrected chi connectivity index (χ2v) is 6.98. The SMILES string of the molecule is O=C(Nc1ccc(F)c(-n2cc3cc(-c4ncccc4F)cnc3n2)c1)N1CCC1. The summed E-state index contributed by atoms with van der Waals surface area (Å²) in [5, 5.41) is 7.68. The molecule has 1 N–H and O–H groups in total. The van der Waals surface area contributed by atoms with E-state index in [-0.39, 0.29) is 17.4 Å². The van der Waals surface area contributed by atoms with Gasteiger partial charge < -0.3 is 10.2 Å². The molecular weight excluding hydrogens is 390 g/mol. The molecule has 0 radical (unpaired) electrons. The van der Waals surface area contributed by atoms with E-state index >= 15 is 0 Å². The average Bonchev–Trinajstić information content (AvgIpc) is 3.11. The molecule has 2 amide bonds. The first kappa shape index (κ1) is 18.2. The molecule has 1 aromatic carbocycles. The minimum Gasteiger partial charge on any atom is -0.324 e. The Hall–Kier alpha value is -3.88. The number of aromatic nitrogens is 4. The molecule has 1 aliphatic heterocycles. The van der Waals surface area contributed by atoms with E-state index < -0.39 is 11.6 Å². The zero-order valence-corrected chi connectivity index (χ0v) is 15.7. The van der Waals surface area contributed by atoms with Gasteiger partial charge in [-0.05, 0) is 42.8 Å². The van der Waals surface area contributed by atoms with Crippen LogP contribution in [0.5, 0.6) is 0 Å². The molecule has 1 saturated heterocycles. The van der Waals surface area contributed by atoms with E-state index in [2.05, 4.69) is 20.4 Å². The fourth-order valence-corrected chi connectivity index (χ4v) is 3.25.